The molecule has 2 aromatic carbocycles. The average Bonchev–Trinajstić information content (AvgIpc) is 3.58. The van der Waals surface area contributed by atoms with E-state index < -0.39 is 35.6 Å². The van der Waals surface area contributed by atoms with E-state index in [1.165, 1.54) is 0 Å². The van der Waals surface area contributed by atoms with Crippen molar-refractivity contribution in [2.45, 2.75) is 85.0 Å². The largest absolute Gasteiger partial charge is 0.507 e. The summed E-state index contributed by atoms with van der Waals surface area (Å²) in [5.41, 5.74) is 0.680. The summed E-state index contributed by atoms with van der Waals surface area (Å²) in [6, 6.07) is 9.72. The Morgan fingerprint density at radius 1 is 1.10 bits per heavy atom. The Balaban J connectivity index is 2.05. The molecule has 3 rings (SSSR count). The maximum absolute atomic E-state index is 14.3. The van der Waals surface area contributed by atoms with Crippen molar-refractivity contribution in [1.29, 1.82) is 0 Å². The monoisotopic (exact) mass is 553 g/mol. The maximum atomic E-state index is 14.3. The minimum Gasteiger partial charge on any atom is -0.507 e. The first kappa shape index (κ1) is 30.8. The molecule has 4 unspecified atom stereocenters. The fourth-order valence-corrected chi connectivity index (χ4v) is 4.70. The van der Waals surface area contributed by atoms with Crippen molar-refractivity contribution in [3.8, 4) is 11.5 Å². The van der Waals surface area contributed by atoms with Gasteiger partial charge in [-0.2, -0.15) is 0 Å². The van der Waals surface area contributed by atoms with Crippen LogP contribution in [-0.4, -0.2) is 52.7 Å². The number of benzene rings is 2. The van der Waals surface area contributed by atoms with Crippen LogP contribution in [0.2, 0.25) is 0 Å². The molecule has 3 amide bonds. The molecule has 3 N–H and O–H groups in total. The minimum atomic E-state index is -1.14. The molecule has 1 fully saturated rings. The van der Waals surface area contributed by atoms with Crippen LogP contribution < -0.4 is 15.4 Å². The molecule has 0 bridgehead atoms. The van der Waals surface area contributed by atoms with Crippen molar-refractivity contribution in [3.05, 3.63) is 53.6 Å². The van der Waals surface area contributed by atoms with Gasteiger partial charge in [-0.05, 0) is 82.2 Å². The number of aryl methyl sites for hydroxylation is 1. The van der Waals surface area contributed by atoms with Gasteiger partial charge in [-0.15, -0.1) is 0 Å². The van der Waals surface area contributed by atoms with Gasteiger partial charge in [-0.25, -0.2) is 4.79 Å². The quantitative estimate of drug-likeness (QED) is 0.354. The van der Waals surface area contributed by atoms with E-state index in [0.717, 1.165) is 0 Å². The molecular weight excluding hydrogens is 510 g/mol. The van der Waals surface area contributed by atoms with E-state index in [4.69, 9.17) is 9.47 Å². The Morgan fingerprint density at radius 2 is 1.73 bits per heavy atom. The van der Waals surface area contributed by atoms with Crippen molar-refractivity contribution in [1.82, 2.24) is 10.2 Å². The first-order valence-electron chi connectivity index (χ1n) is 13.8. The van der Waals surface area contributed by atoms with Gasteiger partial charge in [0.05, 0.1) is 7.11 Å². The summed E-state index contributed by atoms with van der Waals surface area (Å²) in [4.78, 5) is 42.7. The van der Waals surface area contributed by atoms with Gasteiger partial charge < -0.3 is 30.1 Å². The number of hydrogen-bond donors (Lipinski definition) is 3. The predicted molar refractivity (Wildman–Crippen MR) is 154 cm³/mol. The molecular formula is C31H43N3O6. The zero-order valence-electron chi connectivity index (χ0n) is 24.8. The second-order valence-corrected chi connectivity index (χ2v) is 12.0. The molecule has 218 valence electrons. The number of alkyl carbamates (subject to hydrolysis) is 1. The molecule has 1 saturated carbocycles. The third kappa shape index (κ3) is 7.90. The number of hydrogen-bond acceptors (Lipinski definition) is 6. The van der Waals surface area contributed by atoms with Crippen molar-refractivity contribution in [2.24, 2.45) is 11.8 Å². The number of amides is 3. The highest BCUT2D eigenvalue weighted by atomic mass is 16.6. The van der Waals surface area contributed by atoms with Crippen LogP contribution in [0.25, 0.3) is 0 Å². The highest BCUT2D eigenvalue weighted by molar-refractivity contribution is 5.99. The number of phenols is 1. The molecule has 0 spiro atoms. The molecule has 0 saturated heterocycles. The van der Waals surface area contributed by atoms with Gasteiger partial charge in [-0.1, -0.05) is 39.0 Å². The van der Waals surface area contributed by atoms with Crippen molar-refractivity contribution >= 4 is 23.6 Å². The zero-order valence-corrected chi connectivity index (χ0v) is 24.8. The molecule has 4 atom stereocenters. The van der Waals surface area contributed by atoms with Gasteiger partial charge in [0.2, 0.25) is 5.91 Å². The Hall–Kier alpha value is -3.75. The van der Waals surface area contributed by atoms with Gasteiger partial charge in [0, 0.05) is 17.3 Å². The van der Waals surface area contributed by atoms with E-state index in [0.29, 0.717) is 35.4 Å². The van der Waals surface area contributed by atoms with Crippen molar-refractivity contribution in [2.75, 3.05) is 12.4 Å². The van der Waals surface area contributed by atoms with Crippen LogP contribution in [-0.2, 0) is 14.3 Å². The number of para-hydroxylation sites is 1. The first-order valence-corrected chi connectivity index (χ1v) is 13.8. The lowest BCUT2D eigenvalue weighted by molar-refractivity contribution is -0.142. The normalized spacial score (nSPS) is 17.9. The lowest BCUT2D eigenvalue weighted by atomic mass is 9.97. The Morgan fingerprint density at radius 3 is 2.25 bits per heavy atom. The lowest BCUT2D eigenvalue weighted by Gasteiger charge is -2.35. The van der Waals surface area contributed by atoms with E-state index in [1.54, 1.807) is 82.2 Å². The second kappa shape index (κ2) is 12.6. The van der Waals surface area contributed by atoms with Gasteiger partial charge in [-0.3, -0.25) is 9.59 Å². The van der Waals surface area contributed by atoms with E-state index in [2.05, 4.69) is 10.6 Å². The van der Waals surface area contributed by atoms with Crippen LogP contribution in [0.15, 0.2) is 42.5 Å². The second-order valence-electron chi connectivity index (χ2n) is 12.0. The third-order valence-electron chi connectivity index (χ3n) is 6.82. The smallest absolute Gasteiger partial charge is 0.408 e. The third-order valence-corrected chi connectivity index (χ3v) is 6.82. The summed E-state index contributed by atoms with van der Waals surface area (Å²) >= 11 is 0. The van der Waals surface area contributed by atoms with Crippen LogP contribution in [0.3, 0.4) is 0 Å². The summed E-state index contributed by atoms with van der Waals surface area (Å²) in [7, 11) is 1.56. The molecule has 0 heterocycles. The van der Waals surface area contributed by atoms with Crippen molar-refractivity contribution < 1.29 is 29.0 Å². The average molecular weight is 554 g/mol. The van der Waals surface area contributed by atoms with Crippen LogP contribution in [0, 0.1) is 18.8 Å². The summed E-state index contributed by atoms with van der Waals surface area (Å²) in [6.45, 7) is 12.9. The number of aromatic hydroxyl groups is 1. The van der Waals surface area contributed by atoms with Gasteiger partial charge in [0.1, 0.15) is 29.2 Å². The summed E-state index contributed by atoms with van der Waals surface area (Å²) in [5.74, 6) is -0.0678. The fourth-order valence-electron chi connectivity index (χ4n) is 4.70. The van der Waals surface area contributed by atoms with E-state index in [9.17, 15) is 19.5 Å². The number of phenolic OH excluding ortho intramolecular Hbond substituents is 1. The van der Waals surface area contributed by atoms with Crippen LogP contribution >= 0.6 is 0 Å². The summed E-state index contributed by atoms with van der Waals surface area (Å²) in [5, 5.41) is 16.7. The lowest BCUT2D eigenvalue weighted by Crippen LogP contribution is -2.53. The van der Waals surface area contributed by atoms with E-state index in [-0.39, 0.29) is 23.6 Å². The van der Waals surface area contributed by atoms with Crippen LogP contribution in [0.1, 0.15) is 71.6 Å². The molecule has 9 heteroatoms. The first-order chi connectivity index (χ1) is 18.7. The molecule has 9 nitrogen and oxygen atoms in total. The van der Waals surface area contributed by atoms with Crippen LogP contribution in [0.4, 0.5) is 10.5 Å². The van der Waals surface area contributed by atoms with Gasteiger partial charge in [0.25, 0.3) is 5.91 Å². The van der Waals surface area contributed by atoms with Crippen LogP contribution in [0.5, 0.6) is 11.5 Å². The molecule has 40 heavy (non-hydrogen) atoms. The van der Waals surface area contributed by atoms with Gasteiger partial charge >= 0.3 is 6.09 Å². The Kier molecular flexibility index (Phi) is 9.71. The Labute approximate surface area is 237 Å². The number of carbonyl (C=O) groups is 3. The summed E-state index contributed by atoms with van der Waals surface area (Å²) < 4.78 is 10.7. The minimum absolute atomic E-state index is 0.0519. The number of anilines is 1. The van der Waals surface area contributed by atoms with E-state index >= 15 is 0 Å². The number of carbonyl (C=O) groups excluding carboxylic acids is 3. The van der Waals surface area contributed by atoms with Crippen molar-refractivity contribution in [3.63, 3.8) is 0 Å². The number of rotatable bonds is 10. The number of nitrogens with one attached hydrogen (secondary N) is 2. The SMILES string of the molecule is COc1ccc(NC(=O)C(c2cccc(C)c2O)N(C(=O)C(CC(C)C)NC(=O)OC(C)(C)C)C2CC2C)cc1. The molecule has 0 aliphatic heterocycles. The highest BCUT2D eigenvalue weighted by Gasteiger charge is 2.49. The highest BCUT2D eigenvalue weighted by Crippen LogP contribution is 2.43. The molecule has 1 aliphatic carbocycles. The maximum Gasteiger partial charge on any atom is 0.408 e. The summed E-state index contributed by atoms with van der Waals surface area (Å²) in [6.07, 6.45) is 0.348. The molecule has 0 aromatic heterocycles. The topological polar surface area (TPSA) is 117 Å². The standard InChI is InChI=1S/C31H43N3O6/c1-18(2)16-24(33-30(38)40-31(5,6)7)29(37)34(25-17-20(25)4)26(23-11-9-10-19(3)27(23)35)28(36)32-21-12-14-22(39-8)15-13-21/h9-15,18,20,24-26,35H,16-17H2,1-8H3,(H,32,36)(H,33,38). The number of nitrogens with zero attached hydrogens (tertiary/aromatic N) is 1. The van der Waals surface area contributed by atoms with Gasteiger partial charge in [0.15, 0.2) is 0 Å². The fraction of sp³-hybridized carbons (Fsp3) is 0.516. The predicted octanol–water partition coefficient (Wildman–Crippen LogP) is 5.57. The number of ether oxygens (including phenoxy) is 2. The molecule has 1 aliphatic rings. The molecule has 2 aromatic rings. The Bertz CT molecular complexity index is 1200. The van der Waals surface area contributed by atoms with E-state index in [1.807, 2.05) is 20.8 Å². The zero-order chi connectivity index (χ0) is 29.8. The number of methoxy groups -OCH3 is 1. The molecule has 0 radical (unpaired) electrons.